The Kier molecular flexibility index (Phi) is 7.26. The highest BCUT2D eigenvalue weighted by Gasteiger charge is 2.51. The van der Waals surface area contributed by atoms with E-state index in [-0.39, 0.29) is 23.2 Å². The van der Waals surface area contributed by atoms with E-state index in [0.29, 0.717) is 5.75 Å². The van der Waals surface area contributed by atoms with Gasteiger partial charge in [-0.2, -0.15) is 0 Å². The molecular formula is C26H33F2N3O3. The number of hydrogen-bond acceptors (Lipinski definition) is 4. The van der Waals surface area contributed by atoms with Crippen LogP contribution in [0.15, 0.2) is 36.4 Å². The lowest BCUT2D eigenvalue weighted by atomic mass is 9.65. The van der Waals surface area contributed by atoms with Crippen LogP contribution in [0.1, 0.15) is 44.6 Å². The Labute approximate surface area is 199 Å². The zero-order valence-electron chi connectivity index (χ0n) is 20.0. The highest BCUT2D eigenvalue weighted by atomic mass is 19.2. The minimum atomic E-state index is -0.990. The van der Waals surface area contributed by atoms with E-state index in [1.807, 2.05) is 6.07 Å². The summed E-state index contributed by atoms with van der Waals surface area (Å²) in [7, 11) is 3.29. The number of rotatable bonds is 7. The number of carbonyl (C=O) groups excluding carboxylic acids is 1. The molecule has 0 radical (unpaired) electrons. The first kappa shape index (κ1) is 24.3. The molecule has 2 N–H and O–H groups in total. The number of hydrogen-bond donors (Lipinski definition) is 2. The number of ether oxygens (including phenoxy) is 2. The summed E-state index contributed by atoms with van der Waals surface area (Å²) in [6, 6.07) is 9.42. The number of anilines is 1. The van der Waals surface area contributed by atoms with E-state index in [1.54, 1.807) is 14.2 Å². The number of carbonyl (C=O) groups is 1. The van der Waals surface area contributed by atoms with Gasteiger partial charge in [0.2, 0.25) is 0 Å². The van der Waals surface area contributed by atoms with Gasteiger partial charge in [0, 0.05) is 29.3 Å². The van der Waals surface area contributed by atoms with E-state index in [4.69, 9.17) is 9.47 Å². The molecule has 2 aromatic rings. The Hall–Kier alpha value is -2.87. The standard InChI is InChI=1S/C26H33F2N3O3/c1-4-12-31-13-11-26(17-5-8-22(33-2)23(14-17)34-3)10-9-19(16-24(26)31)30-25(32)29-18-6-7-20(27)21(28)15-18/h5-8,14-15,19,24H,4,9-13,16H2,1-3H3,(H2,29,30,32)/t19-,24+,26-/m0/s1. The van der Waals surface area contributed by atoms with E-state index in [9.17, 15) is 13.6 Å². The second-order valence-electron chi connectivity index (χ2n) is 9.23. The molecule has 1 saturated carbocycles. The minimum Gasteiger partial charge on any atom is -0.493 e. The van der Waals surface area contributed by atoms with E-state index >= 15 is 0 Å². The highest BCUT2D eigenvalue weighted by molar-refractivity contribution is 5.89. The van der Waals surface area contributed by atoms with Gasteiger partial charge in [0.15, 0.2) is 23.1 Å². The first-order valence-corrected chi connectivity index (χ1v) is 11.9. The van der Waals surface area contributed by atoms with Crippen molar-refractivity contribution in [1.29, 1.82) is 0 Å². The van der Waals surface area contributed by atoms with Crippen molar-refractivity contribution in [2.75, 3.05) is 32.6 Å². The largest absolute Gasteiger partial charge is 0.493 e. The molecule has 4 rings (SSSR count). The van der Waals surface area contributed by atoms with Gasteiger partial charge in [0.1, 0.15) is 0 Å². The molecule has 0 bridgehead atoms. The van der Waals surface area contributed by atoms with Crippen molar-refractivity contribution < 1.29 is 23.0 Å². The monoisotopic (exact) mass is 473 g/mol. The molecule has 0 unspecified atom stereocenters. The number of halogens is 2. The number of fused-ring (bicyclic) bond motifs is 1. The molecule has 1 aliphatic heterocycles. The Bertz CT molecular complexity index is 1030. The van der Waals surface area contributed by atoms with Crippen LogP contribution in [0.5, 0.6) is 11.5 Å². The quantitative estimate of drug-likeness (QED) is 0.589. The van der Waals surface area contributed by atoms with Gasteiger partial charge in [-0.3, -0.25) is 4.90 Å². The van der Waals surface area contributed by atoms with Crippen molar-refractivity contribution in [2.24, 2.45) is 0 Å². The molecule has 1 heterocycles. The maximum Gasteiger partial charge on any atom is 0.319 e. The fraction of sp³-hybridized carbons (Fsp3) is 0.500. The van der Waals surface area contributed by atoms with Gasteiger partial charge in [-0.15, -0.1) is 0 Å². The van der Waals surface area contributed by atoms with Crippen molar-refractivity contribution >= 4 is 11.7 Å². The molecule has 2 aromatic carbocycles. The van der Waals surface area contributed by atoms with Gasteiger partial charge < -0.3 is 20.1 Å². The van der Waals surface area contributed by atoms with Gasteiger partial charge in [-0.05, 0) is 75.0 Å². The van der Waals surface area contributed by atoms with Crippen LogP contribution in [0.25, 0.3) is 0 Å². The van der Waals surface area contributed by atoms with E-state index in [0.717, 1.165) is 63.1 Å². The first-order valence-electron chi connectivity index (χ1n) is 11.9. The summed E-state index contributed by atoms with van der Waals surface area (Å²) in [5.74, 6) is -0.488. The van der Waals surface area contributed by atoms with Crippen LogP contribution < -0.4 is 20.1 Å². The second kappa shape index (κ2) is 10.2. The summed E-state index contributed by atoms with van der Waals surface area (Å²) in [6.45, 7) is 4.21. The normalized spacial score (nSPS) is 24.4. The van der Waals surface area contributed by atoms with Gasteiger partial charge >= 0.3 is 6.03 Å². The minimum absolute atomic E-state index is 0.0105. The number of likely N-dealkylation sites (tertiary alicyclic amines) is 1. The van der Waals surface area contributed by atoms with Crippen LogP contribution in [0.2, 0.25) is 0 Å². The smallest absolute Gasteiger partial charge is 0.319 e. The number of benzene rings is 2. The highest BCUT2D eigenvalue weighted by Crippen LogP contribution is 2.50. The maximum atomic E-state index is 13.5. The SMILES string of the molecule is CCCN1CC[C@]2(c3ccc(OC)c(OC)c3)CC[C@H](NC(=O)Nc3ccc(F)c(F)c3)C[C@@H]12. The molecule has 0 aromatic heterocycles. The predicted molar refractivity (Wildman–Crippen MR) is 128 cm³/mol. The Morgan fingerprint density at radius 3 is 2.59 bits per heavy atom. The molecule has 8 heteroatoms. The van der Waals surface area contributed by atoms with Gasteiger partial charge in [0.05, 0.1) is 14.2 Å². The van der Waals surface area contributed by atoms with Crippen LogP contribution in [-0.2, 0) is 5.41 Å². The van der Waals surface area contributed by atoms with Crippen molar-refractivity contribution in [1.82, 2.24) is 10.2 Å². The molecule has 2 aliphatic rings. The summed E-state index contributed by atoms with van der Waals surface area (Å²) < 4.78 is 37.7. The van der Waals surface area contributed by atoms with Crippen LogP contribution in [0, 0.1) is 11.6 Å². The van der Waals surface area contributed by atoms with Gasteiger partial charge in [-0.1, -0.05) is 13.0 Å². The van der Waals surface area contributed by atoms with E-state index in [1.165, 1.54) is 11.6 Å². The number of nitrogens with zero attached hydrogens (tertiary/aromatic N) is 1. The van der Waals surface area contributed by atoms with Crippen molar-refractivity contribution in [3.05, 3.63) is 53.6 Å². The maximum absolute atomic E-state index is 13.5. The molecule has 0 spiro atoms. The number of urea groups is 1. The van der Waals surface area contributed by atoms with Crippen LogP contribution in [0.3, 0.4) is 0 Å². The topological polar surface area (TPSA) is 62.8 Å². The van der Waals surface area contributed by atoms with Crippen molar-refractivity contribution in [3.8, 4) is 11.5 Å². The second-order valence-corrected chi connectivity index (χ2v) is 9.23. The summed E-state index contributed by atoms with van der Waals surface area (Å²) in [5.41, 5.74) is 1.46. The summed E-state index contributed by atoms with van der Waals surface area (Å²) in [4.78, 5) is 15.1. The third kappa shape index (κ3) is 4.69. The van der Waals surface area contributed by atoms with Gasteiger partial charge in [0.25, 0.3) is 0 Å². The zero-order chi connectivity index (χ0) is 24.3. The van der Waals surface area contributed by atoms with Crippen LogP contribution >= 0.6 is 0 Å². The Balaban J connectivity index is 1.51. The molecule has 1 aliphatic carbocycles. The molecule has 34 heavy (non-hydrogen) atoms. The fourth-order valence-electron chi connectivity index (χ4n) is 5.74. The lowest BCUT2D eigenvalue weighted by Gasteiger charge is -2.45. The third-order valence-electron chi connectivity index (χ3n) is 7.35. The lowest BCUT2D eigenvalue weighted by Crippen LogP contribution is -2.53. The Morgan fingerprint density at radius 1 is 1.09 bits per heavy atom. The van der Waals surface area contributed by atoms with Gasteiger partial charge in [-0.25, -0.2) is 13.6 Å². The zero-order valence-corrected chi connectivity index (χ0v) is 20.0. The number of methoxy groups -OCH3 is 2. The van der Waals surface area contributed by atoms with E-state index in [2.05, 4.69) is 34.6 Å². The summed E-state index contributed by atoms with van der Waals surface area (Å²) >= 11 is 0. The summed E-state index contributed by atoms with van der Waals surface area (Å²) in [5, 5.41) is 5.67. The number of nitrogens with one attached hydrogen (secondary N) is 2. The fourth-order valence-corrected chi connectivity index (χ4v) is 5.74. The Morgan fingerprint density at radius 2 is 1.88 bits per heavy atom. The molecule has 6 nitrogen and oxygen atoms in total. The molecular weight excluding hydrogens is 440 g/mol. The molecule has 3 atom stereocenters. The van der Waals surface area contributed by atoms with E-state index < -0.39 is 17.7 Å². The third-order valence-corrected chi connectivity index (χ3v) is 7.35. The average molecular weight is 474 g/mol. The van der Waals surface area contributed by atoms with Crippen LogP contribution in [0.4, 0.5) is 19.3 Å². The molecule has 2 fully saturated rings. The van der Waals surface area contributed by atoms with Crippen LogP contribution in [-0.4, -0.2) is 50.3 Å². The lowest BCUT2D eigenvalue weighted by molar-refractivity contribution is 0.136. The van der Waals surface area contributed by atoms with Crippen molar-refractivity contribution in [3.63, 3.8) is 0 Å². The molecule has 2 amide bonds. The molecule has 184 valence electrons. The predicted octanol–water partition coefficient (Wildman–Crippen LogP) is 5.08. The molecule has 1 saturated heterocycles. The number of amides is 2. The van der Waals surface area contributed by atoms with Crippen molar-refractivity contribution in [2.45, 2.75) is 56.5 Å². The average Bonchev–Trinajstić information content (AvgIpc) is 3.20. The first-order chi connectivity index (χ1) is 16.4. The summed E-state index contributed by atoms with van der Waals surface area (Å²) in [6.07, 6.45) is 4.70.